The first kappa shape index (κ1) is 18.4. The van der Waals surface area contributed by atoms with Gasteiger partial charge in [-0.25, -0.2) is 4.98 Å². The molecule has 0 aliphatic heterocycles. The second-order valence-electron chi connectivity index (χ2n) is 5.94. The van der Waals surface area contributed by atoms with Gasteiger partial charge < -0.3 is 5.73 Å². The maximum atomic E-state index is 10.9. The topological polar surface area (TPSA) is 106 Å². The van der Waals surface area contributed by atoms with Gasteiger partial charge in [0.25, 0.3) is 5.69 Å². The quantitative estimate of drug-likeness (QED) is 0.594. The SMILES string of the molecule is CCCCc1nc(N)c(C#N)c(-c2ccc([N+](=O)[O-])cc2)c1CCC. The van der Waals surface area contributed by atoms with Gasteiger partial charge in [0.15, 0.2) is 0 Å². The third kappa shape index (κ3) is 3.94. The summed E-state index contributed by atoms with van der Waals surface area (Å²) in [6, 6.07) is 8.42. The monoisotopic (exact) mass is 338 g/mol. The molecule has 1 aromatic heterocycles. The summed E-state index contributed by atoms with van der Waals surface area (Å²) in [5, 5.41) is 20.5. The summed E-state index contributed by atoms with van der Waals surface area (Å²) in [6.07, 6.45) is 4.54. The van der Waals surface area contributed by atoms with Gasteiger partial charge in [-0.2, -0.15) is 5.26 Å². The second-order valence-corrected chi connectivity index (χ2v) is 5.94. The van der Waals surface area contributed by atoms with Crippen LogP contribution < -0.4 is 5.73 Å². The number of nitrogens with two attached hydrogens (primary N) is 1. The molecule has 25 heavy (non-hydrogen) atoms. The lowest BCUT2D eigenvalue weighted by molar-refractivity contribution is -0.384. The fourth-order valence-corrected chi connectivity index (χ4v) is 2.94. The molecule has 0 fully saturated rings. The molecular formula is C19H22N4O2. The maximum Gasteiger partial charge on any atom is 0.269 e. The van der Waals surface area contributed by atoms with Gasteiger partial charge in [-0.05, 0) is 42.5 Å². The first-order valence-corrected chi connectivity index (χ1v) is 8.49. The summed E-state index contributed by atoms with van der Waals surface area (Å²) >= 11 is 0. The Labute approximate surface area is 147 Å². The molecule has 2 rings (SSSR count). The van der Waals surface area contributed by atoms with Crippen molar-refractivity contribution in [3.05, 3.63) is 51.2 Å². The smallest absolute Gasteiger partial charge is 0.269 e. The highest BCUT2D eigenvalue weighted by Gasteiger charge is 2.19. The van der Waals surface area contributed by atoms with E-state index in [-0.39, 0.29) is 11.5 Å². The molecule has 0 aliphatic carbocycles. The van der Waals surface area contributed by atoms with E-state index in [4.69, 9.17) is 5.73 Å². The number of nitrogen functional groups attached to an aromatic ring is 1. The summed E-state index contributed by atoms with van der Waals surface area (Å²) in [5.74, 6) is 0.224. The highest BCUT2D eigenvalue weighted by atomic mass is 16.6. The Bertz CT molecular complexity index is 808. The summed E-state index contributed by atoms with van der Waals surface area (Å²) in [4.78, 5) is 14.9. The number of nitriles is 1. The van der Waals surface area contributed by atoms with E-state index in [0.29, 0.717) is 5.56 Å². The molecule has 0 saturated heterocycles. The summed E-state index contributed by atoms with van der Waals surface area (Å²) in [6.45, 7) is 4.19. The number of pyridine rings is 1. The lowest BCUT2D eigenvalue weighted by atomic mass is 9.90. The van der Waals surface area contributed by atoms with Crippen LogP contribution in [0.2, 0.25) is 0 Å². The fraction of sp³-hybridized carbons (Fsp3) is 0.368. The van der Waals surface area contributed by atoms with Crippen LogP contribution in [-0.4, -0.2) is 9.91 Å². The molecule has 6 nitrogen and oxygen atoms in total. The molecule has 0 amide bonds. The molecule has 0 spiro atoms. The minimum atomic E-state index is -0.435. The Morgan fingerprint density at radius 3 is 2.40 bits per heavy atom. The Morgan fingerprint density at radius 2 is 1.88 bits per heavy atom. The van der Waals surface area contributed by atoms with Crippen molar-refractivity contribution in [2.75, 3.05) is 5.73 Å². The van der Waals surface area contributed by atoms with Crippen LogP contribution in [0.3, 0.4) is 0 Å². The molecule has 0 atom stereocenters. The zero-order valence-electron chi connectivity index (χ0n) is 14.6. The van der Waals surface area contributed by atoms with Crippen molar-refractivity contribution < 1.29 is 4.92 Å². The molecule has 1 aromatic carbocycles. The van der Waals surface area contributed by atoms with Crippen LogP contribution in [0.25, 0.3) is 11.1 Å². The predicted molar refractivity (Wildman–Crippen MR) is 98.1 cm³/mol. The van der Waals surface area contributed by atoms with E-state index in [1.54, 1.807) is 12.1 Å². The van der Waals surface area contributed by atoms with E-state index >= 15 is 0 Å². The highest BCUT2D eigenvalue weighted by molar-refractivity contribution is 5.79. The average Bonchev–Trinajstić information content (AvgIpc) is 2.61. The number of nitrogens with zero attached hydrogens (tertiary/aromatic N) is 3. The van der Waals surface area contributed by atoms with Gasteiger partial charge in [-0.15, -0.1) is 0 Å². The second kappa shape index (κ2) is 8.25. The van der Waals surface area contributed by atoms with Crippen LogP contribution in [0.15, 0.2) is 24.3 Å². The molecule has 0 aliphatic rings. The van der Waals surface area contributed by atoms with E-state index < -0.39 is 4.92 Å². The zero-order chi connectivity index (χ0) is 18.4. The molecule has 0 bridgehead atoms. The standard InChI is InChI=1S/C19H22N4O2/c1-3-5-7-17-15(6-4-2)18(16(12-20)19(21)22-17)13-8-10-14(11-9-13)23(24)25/h8-11H,3-7H2,1-2H3,(H2,21,22). The van der Waals surface area contributed by atoms with Crippen molar-refractivity contribution >= 4 is 11.5 Å². The molecule has 2 N–H and O–H groups in total. The number of non-ortho nitro benzene ring substituents is 1. The number of hydrogen-bond donors (Lipinski definition) is 1. The predicted octanol–water partition coefficient (Wildman–Crippen LogP) is 4.41. The van der Waals surface area contributed by atoms with Crippen LogP contribution in [0.5, 0.6) is 0 Å². The van der Waals surface area contributed by atoms with E-state index in [0.717, 1.165) is 54.5 Å². The average molecular weight is 338 g/mol. The molecular weight excluding hydrogens is 316 g/mol. The van der Waals surface area contributed by atoms with Gasteiger partial charge in [0.05, 0.1) is 4.92 Å². The minimum Gasteiger partial charge on any atom is -0.383 e. The summed E-state index contributed by atoms with van der Waals surface area (Å²) in [5.41, 5.74) is 9.88. The number of nitro benzene ring substituents is 1. The van der Waals surface area contributed by atoms with Crippen molar-refractivity contribution in [2.45, 2.75) is 46.0 Å². The van der Waals surface area contributed by atoms with Crippen molar-refractivity contribution in [3.63, 3.8) is 0 Å². The lowest BCUT2D eigenvalue weighted by Gasteiger charge is -2.17. The van der Waals surface area contributed by atoms with Gasteiger partial charge in [0.2, 0.25) is 0 Å². The van der Waals surface area contributed by atoms with Crippen LogP contribution in [-0.2, 0) is 12.8 Å². The largest absolute Gasteiger partial charge is 0.383 e. The van der Waals surface area contributed by atoms with E-state index in [1.807, 2.05) is 0 Å². The number of hydrogen-bond acceptors (Lipinski definition) is 5. The molecule has 0 saturated carbocycles. The molecule has 0 unspecified atom stereocenters. The third-order valence-corrected chi connectivity index (χ3v) is 4.16. The first-order valence-electron chi connectivity index (χ1n) is 8.49. The van der Waals surface area contributed by atoms with Crippen molar-refractivity contribution in [1.29, 1.82) is 5.26 Å². The number of anilines is 1. The number of aromatic nitrogens is 1. The van der Waals surface area contributed by atoms with E-state index in [1.165, 1.54) is 12.1 Å². The number of unbranched alkanes of at least 4 members (excludes halogenated alkanes) is 1. The van der Waals surface area contributed by atoms with Crippen LogP contribution >= 0.6 is 0 Å². The number of nitro groups is 1. The first-order chi connectivity index (χ1) is 12.0. The molecule has 130 valence electrons. The minimum absolute atomic E-state index is 0.0209. The van der Waals surface area contributed by atoms with Gasteiger partial charge in [-0.3, -0.25) is 10.1 Å². The molecule has 6 heteroatoms. The third-order valence-electron chi connectivity index (χ3n) is 4.16. The van der Waals surface area contributed by atoms with Gasteiger partial charge >= 0.3 is 0 Å². The zero-order valence-corrected chi connectivity index (χ0v) is 14.6. The van der Waals surface area contributed by atoms with Crippen LogP contribution in [0.4, 0.5) is 11.5 Å². The maximum absolute atomic E-state index is 10.9. The summed E-state index contributed by atoms with van der Waals surface area (Å²) in [7, 11) is 0. The van der Waals surface area contributed by atoms with Crippen molar-refractivity contribution in [2.24, 2.45) is 0 Å². The Balaban J connectivity index is 2.69. The fourth-order valence-electron chi connectivity index (χ4n) is 2.94. The van der Waals surface area contributed by atoms with Crippen LogP contribution in [0, 0.1) is 21.4 Å². The van der Waals surface area contributed by atoms with Gasteiger partial charge in [0.1, 0.15) is 17.5 Å². The van der Waals surface area contributed by atoms with Crippen molar-refractivity contribution in [1.82, 2.24) is 4.98 Å². The summed E-state index contributed by atoms with van der Waals surface area (Å²) < 4.78 is 0. The Morgan fingerprint density at radius 1 is 1.20 bits per heavy atom. The van der Waals surface area contributed by atoms with Crippen LogP contribution in [0.1, 0.15) is 49.9 Å². The van der Waals surface area contributed by atoms with E-state index in [2.05, 4.69) is 24.9 Å². The van der Waals surface area contributed by atoms with Gasteiger partial charge in [0, 0.05) is 23.4 Å². The normalized spacial score (nSPS) is 10.4. The Hall–Kier alpha value is -2.94. The highest BCUT2D eigenvalue weighted by Crippen LogP contribution is 2.34. The number of benzene rings is 1. The molecule has 0 radical (unpaired) electrons. The Kier molecular flexibility index (Phi) is 6.07. The van der Waals surface area contributed by atoms with E-state index in [9.17, 15) is 15.4 Å². The van der Waals surface area contributed by atoms with Crippen molar-refractivity contribution in [3.8, 4) is 17.2 Å². The lowest BCUT2D eigenvalue weighted by Crippen LogP contribution is -2.08. The molecule has 1 heterocycles. The van der Waals surface area contributed by atoms with Gasteiger partial charge in [-0.1, -0.05) is 26.7 Å². The number of aryl methyl sites for hydroxylation is 1. The number of rotatable bonds is 7. The molecule has 2 aromatic rings.